The van der Waals surface area contributed by atoms with Gasteiger partial charge in [-0.2, -0.15) is 0 Å². The molecule has 2 aliphatic heterocycles. The number of carbonyl (C=O) groups excluding carboxylic acids is 2. The van der Waals surface area contributed by atoms with Gasteiger partial charge in [0.15, 0.2) is 6.29 Å². The number of para-hydroxylation sites is 1. The fourth-order valence-corrected chi connectivity index (χ4v) is 3.42. The molecule has 1 spiro atoms. The second kappa shape index (κ2) is 4.96. The first-order valence-electron chi connectivity index (χ1n) is 7.17. The summed E-state index contributed by atoms with van der Waals surface area (Å²) in [5, 5.41) is 0.462. The zero-order valence-electron chi connectivity index (χ0n) is 12.0. The van der Waals surface area contributed by atoms with Crippen molar-refractivity contribution >= 4 is 29.5 Å². The second-order valence-corrected chi connectivity index (χ2v) is 5.91. The highest BCUT2D eigenvalue weighted by atomic mass is 35.5. The minimum absolute atomic E-state index is 0.283. The quantitative estimate of drug-likeness (QED) is 0.814. The van der Waals surface area contributed by atoms with Crippen LogP contribution in [0, 0.1) is 0 Å². The standard InChI is InChI=1S/C18H12ClNO3/c19-15-8-4-7-14-16(15)20(9-12-5-2-1-3-6-12)17(22)18(14)13(10-21)11-23-18/h1-8,10-11H,9H2/t18-/m0/s1. The van der Waals surface area contributed by atoms with Crippen molar-refractivity contribution in [2.24, 2.45) is 0 Å². The van der Waals surface area contributed by atoms with Gasteiger partial charge in [0, 0.05) is 5.56 Å². The van der Waals surface area contributed by atoms with Gasteiger partial charge in [-0.1, -0.05) is 54.1 Å². The van der Waals surface area contributed by atoms with Gasteiger partial charge in [-0.3, -0.25) is 9.59 Å². The van der Waals surface area contributed by atoms with Gasteiger partial charge in [0.1, 0.15) is 0 Å². The van der Waals surface area contributed by atoms with Crippen LogP contribution in [0.5, 0.6) is 0 Å². The lowest BCUT2D eigenvalue weighted by molar-refractivity contribution is -0.140. The molecular weight excluding hydrogens is 314 g/mol. The maximum Gasteiger partial charge on any atom is 0.281 e. The molecule has 0 aromatic heterocycles. The fourth-order valence-electron chi connectivity index (χ4n) is 3.15. The van der Waals surface area contributed by atoms with Crippen molar-refractivity contribution in [1.29, 1.82) is 0 Å². The lowest BCUT2D eigenvalue weighted by Crippen LogP contribution is -2.47. The van der Waals surface area contributed by atoms with Crippen molar-refractivity contribution in [3.63, 3.8) is 0 Å². The van der Waals surface area contributed by atoms with Gasteiger partial charge in [-0.05, 0) is 11.6 Å². The van der Waals surface area contributed by atoms with E-state index in [-0.39, 0.29) is 5.91 Å². The molecule has 5 heteroatoms. The summed E-state index contributed by atoms with van der Waals surface area (Å²) in [6.45, 7) is 0.369. The SMILES string of the molecule is O=CC1=CO[C@@]12C(=O)N(Cc1ccccc1)c1c(Cl)cccc12. The van der Waals surface area contributed by atoms with E-state index in [2.05, 4.69) is 0 Å². The number of carbonyl (C=O) groups is 2. The van der Waals surface area contributed by atoms with Crippen molar-refractivity contribution in [1.82, 2.24) is 0 Å². The van der Waals surface area contributed by atoms with E-state index in [4.69, 9.17) is 16.3 Å². The Hall–Kier alpha value is -2.59. The molecule has 4 nitrogen and oxygen atoms in total. The number of fused-ring (bicyclic) bond motifs is 2. The largest absolute Gasteiger partial charge is 0.474 e. The van der Waals surface area contributed by atoms with Gasteiger partial charge in [0.25, 0.3) is 5.91 Å². The maximum atomic E-state index is 13.0. The van der Waals surface area contributed by atoms with Gasteiger partial charge in [-0.15, -0.1) is 0 Å². The van der Waals surface area contributed by atoms with Crippen molar-refractivity contribution in [3.05, 3.63) is 76.5 Å². The number of rotatable bonds is 3. The minimum atomic E-state index is -1.34. The number of benzene rings is 2. The number of anilines is 1. The molecule has 0 saturated heterocycles. The van der Waals surface area contributed by atoms with Crippen LogP contribution in [0.15, 0.2) is 60.4 Å². The summed E-state index contributed by atoms with van der Waals surface area (Å²) in [6.07, 6.45) is 1.99. The summed E-state index contributed by atoms with van der Waals surface area (Å²) in [5.41, 5.74) is 1.18. The van der Waals surface area contributed by atoms with Crippen LogP contribution in [0.25, 0.3) is 0 Å². The molecule has 0 N–H and O–H groups in total. The van der Waals surface area contributed by atoms with Gasteiger partial charge < -0.3 is 9.64 Å². The van der Waals surface area contributed by atoms with Crippen LogP contribution in [0.4, 0.5) is 5.69 Å². The minimum Gasteiger partial charge on any atom is -0.474 e. The van der Waals surface area contributed by atoms with Crippen LogP contribution >= 0.6 is 11.6 Å². The molecule has 0 unspecified atom stereocenters. The van der Waals surface area contributed by atoms with Crippen LogP contribution in [0.3, 0.4) is 0 Å². The number of aldehydes is 1. The molecule has 2 aromatic carbocycles. The molecule has 2 aliphatic rings. The van der Waals surface area contributed by atoms with Crippen LogP contribution in [0.2, 0.25) is 5.02 Å². The fraction of sp³-hybridized carbons (Fsp3) is 0.111. The number of hydrogen-bond donors (Lipinski definition) is 0. The van der Waals surface area contributed by atoms with Crippen molar-refractivity contribution in [2.45, 2.75) is 12.1 Å². The van der Waals surface area contributed by atoms with Crippen LogP contribution in [-0.4, -0.2) is 12.2 Å². The van der Waals surface area contributed by atoms with E-state index < -0.39 is 5.60 Å². The first-order valence-corrected chi connectivity index (χ1v) is 7.55. The topological polar surface area (TPSA) is 46.6 Å². The Morgan fingerprint density at radius 3 is 2.57 bits per heavy atom. The Morgan fingerprint density at radius 2 is 1.91 bits per heavy atom. The molecule has 23 heavy (non-hydrogen) atoms. The van der Waals surface area contributed by atoms with Crippen LogP contribution in [0.1, 0.15) is 11.1 Å². The third kappa shape index (κ3) is 1.79. The van der Waals surface area contributed by atoms with Crippen molar-refractivity contribution in [2.75, 3.05) is 4.90 Å². The average Bonchev–Trinajstić information content (AvgIpc) is 2.80. The van der Waals surface area contributed by atoms with E-state index >= 15 is 0 Å². The summed E-state index contributed by atoms with van der Waals surface area (Å²) in [6, 6.07) is 14.9. The highest BCUT2D eigenvalue weighted by Crippen LogP contribution is 2.53. The number of nitrogens with zero attached hydrogens (tertiary/aromatic N) is 1. The van der Waals surface area contributed by atoms with Crippen LogP contribution < -0.4 is 4.90 Å². The normalized spacial score (nSPS) is 21.5. The number of ether oxygens (including phenoxy) is 1. The smallest absolute Gasteiger partial charge is 0.281 e. The van der Waals surface area contributed by atoms with E-state index in [1.54, 1.807) is 23.1 Å². The Balaban J connectivity index is 1.85. The number of hydrogen-bond acceptors (Lipinski definition) is 3. The molecular formula is C18H12ClNO3. The molecule has 1 atom stereocenters. The third-order valence-corrected chi connectivity index (χ3v) is 4.57. The molecule has 0 aliphatic carbocycles. The highest BCUT2D eigenvalue weighted by Gasteiger charge is 2.60. The lowest BCUT2D eigenvalue weighted by atomic mass is 9.85. The second-order valence-electron chi connectivity index (χ2n) is 5.50. The Kier molecular flexibility index (Phi) is 3.03. The van der Waals surface area contributed by atoms with Gasteiger partial charge in [0.05, 0.1) is 29.1 Å². The molecule has 0 saturated carbocycles. The molecule has 0 fully saturated rings. The van der Waals surface area contributed by atoms with E-state index in [0.717, 1.165) is 5.56 Å². The molecule has 4 rings (SSSR count). The summed E-state index contributed by atoms with van der Waals surface area (Å²) >= 11 is 6.34. The average molecular weight is 326 g/mol. The van der Waals surface area contributed by atoms with E-state index in [1.165, 1.54) is 6.26 Å². The zero-order chi connectivity index (χ0) is 16.0. The van der Waals surface area contributed by atoms with E-state index in [0.29, 0.717) is 34.7 Å². The Labute approximate surface area is 137 Å². The van der Waals surface area contributed by atoms with Crippen LogP contribution in [-0.2, 0) is 26.5 Å². The highest BCUT2D eigenvalue weighted by molar-refractivity contribution is 6.35. The summed E-state index contributed by atoms with van der Waals surface area (Å²) < 4.78 is 5.50. The van der Waals surface area contributed by atoms with Crippen molar-refractivity contribution in [3.8, 4) is 0 Å². The van der Waals surface area contributed by atoms with Gasteiger partial charge in [-0.25, -0.2) is 0 Å². The summed E-state index contributed by atoms with van der Waals surface area (Å²) in [7, 11) is 0. The predicted octanol–water partition coefficient (Wildman–Crippen LogP) is 3.20. The maximum absolute atomic E-state index is 13.0. The van der Waals surface area contributed by atoms with Crippen molar-refractivity contribution < 1.29 is 14.3 Å². The predicted molar refractivity (Wildman–Crippen MR) is 86.0 cm³/mol. The lowest BCUT2D eigenvalue weighted by Gasteiger charge is -2.34. The zero-order valence-corrected chi connectivity index (χ0v) is 12.8. The van der Waals surface area contributed by atoms with E-state index in [9.17, 15) is 9.59 Å². The molecule has 0 radical (unpaired) electrons. The Morgan fingerprint density at radius 1 is 1.13 bits per heavy atom. The molecule has 0 bridgehead atoms. The molecule has 1 amide bonds. The first-order chi connectivity index (χ1) is 11.2. The molecule has 2 aromatic rings. The third-order valence-electron chi connectivity index (χ3n) is 4.26. The van der Waals surface area contributed by atoms with Gasteiger partial charge in [0.2, 0.25) is 5.60 Å². The van der Waals surface area contributed by atoms with Gasteiger partial charge >= 0.3 is 0 Å². The Bertz CT molecular complexity index is 847. The van der Waals surface area contributed by atoms with E-state index in [1.807, 2.05) is 30.3 Å². The summed E-state index contributed by atoms with van der Waals surface area (Å²) in [4.78, 5) is 25.9. The monoisotopic (exact) mass is 325 g/mol. The molecule has 114 valence electrons. The number of amides is 1. The summed E-state index contributed by atoms with van der Waals surface area (Å²) in [5.74, 6) is -0.283. The molecule has 2 heterocycles. The number of halogens is 1. The first kappa shape index (κ1) is 14.0.